The van der Waals surface area contributed by atoms with Crippen LogP contribution < -0.4 is 5.46 Å². The number of benzene rings is 4. The van der Waals surface area contributed by atoms with Gasteiger partial charge in [-0.15, -0.1) is 0 Å². The second-order valence-electron chi connectivity index (χ2n) is 12.6. The van der Waals surface area contributed by atoms with Crippen molar-refractivity contribution in [1.29, 1.82) is 0 Å². The van der Waals surface area contributed by atoms with Crippen LogP contribution in [0.5, 0.6) is 0 Å². The predicted molar refractivity (Wildman–Crippen MR) is 186 cm³/mol. The number of hydrogen-bond acceptors (Lipinski definition) is 4. The molecule has 5 heteroatoms. The molecule has 1 aliphatic rings. The van der Waals surface area contributed by atoms with E-state index in [4.69, 9.17) is 19.3 Å². The summed E-state index contributed by atoms with van der Waals surface area (Å²) in [7, 11) is -0.458. The van der Waals surface area contributed by atoms with Crippen molar-refractivity contribution in [3.8, 4) is 11.3 Å². The molecule has 216 valence electrons. The molecule has 6 aromatic rings. The van der Waals surface area contributed by atoms with Crippen molar-refractivity contribution in [2.45, 2.75) is 45.8 Å². The molecule has 1 aliphatic heterocycles. The van der Waals surface area contributed by atoms with E-state index in [0.29, 0.717) is 0 Å². The lowest BCUT2D eigenvalue weighted by atomic mass is 9.78. The van der Waals surface area contributed by atoms with Gasteiger partial charge < -0.3 is 9.31 Å². The van der Waals surface area contributed by atoms with Gasteiger partial charge >= 0.3 is 7.12 Å². The zero-order valence-electron chi connectivity index (χ0n) is 25.9. The molecule has 1 saturated heterocycles. The van der Waals surface area contributed by atoms with E-state index in [9.17, 15) is 0 Å². The maximum atomic E-state index is 6.38. The van der Waals surface area contributed by atoms with Gasteiger partial charge in [0.15, 0.2) is 0 Å². The van der Waals surface area contributed by atoms with Crippen molar-refractivity contribution in [3.05, 3.63) is 122 Å². The predicted octanol–water partition coefficient (Wildman–Crippen LogP) is 9.20. The number of aromatic nitrogens is 2. The van der Waals surface area contributed by atoms with Gasteiger partial charge in [-0.1, -0.05) is 97.6 Å². The first-order valence-corrected chi connectivity index (χ1v) is 15.1. The fourth-order valence-electron chi connectivity index (χ4n) is 5.98. The molecule has 4 nitrogen and oxygen atoms in total. The molecule has 0 N–H and O–H groups in total. The Kier molecular flexibility index (Phi) is 6.76. The van der Waals surface area contributed by atoms with Crippen LogP contribution in [0.2, 0.25) is 0 Å². The summed E-state index contributed by atoms with van der Waals surface area (Å²) in [5.74, 6) is 0. The van der Waals surface area contributed by atoms with E-state index in [1.165, 1.54) is 10.8 Å². The molecule has 44 heavy (non-hydrogen) atoms. The Labute approximate surface area is 258 Å². The summed E-state index contributed by atoms with van der Waals surface area (Å²) in [6.07, 6.45) is 7.79. The Balaban J connectivity index is 1.46. The molecule has 7 rings (SSSR count). The Bertz CT molecular complexity index is 2160. The van der Waals surface area contributed by atoms with Crippen LogP contribution in [0.4, 0.5) is 0 Å². The Morgan fingerprint density at radius 1 is 0.750 bits per heavy atom. The van der Waals surface area contributed by atoms with E-state index in [1.807, 2.05) is 12.2 Å². The average Bonchev–Trinajstić information content (AvgIpc) is 3.25. The van der Waals surface area contributed by atoms with Gasteiger partial charge in [-0.2, -0.15) is 0 Å². The van der Waals surface area contributed by atoms with Gasteiger partial charge in [0.25, 0.3) is 0 Å². The topological polar surface area (TPSA) is 44.2 Å². The standard InChI is InChI=1S/C39H35BN2O2/c1-7-8-9-12-25(2)36-35-32(31-21-19-30(24-34(31)42-36)40-43-38(3,4)39(5,6)44-40)20-17-27-18-22-33(41-37(27)35)29-16-15-26-13-10-11-14-28(26)23-29/h7-24H,1H2,2-6H3/b9-8-,25-12+. The number of hydrogen-bond donors (Lipinski definition) is 0. The van der Waals surface area contributed by atoms with Crippen LogP contribution in [0, 0.1) is 0 Å². The third-order valence-corrected chi connectivity index (χ3v) is 9.18. The van der Waals surface area contributed by atoms with E-state index in [0.717, 1.165) is 60.6 Å². The third-order valence-electron chi connectivity index (χ3n) is 9.18. The highest BCUT2D eigenvalue weighted by molar-refractivity contribution is 6.62. The van der Waals surface area contributed by atoms with Gasteiger partial charge in [0.05, 0.1) is 33.6 Å². The van der Waals surface area contributed by atoms with Crippen molar-refractivity contribution in [2.24, 2.45) is 0 Å². The maximum absolute atomic E-state index is 6.38. The second kappa shape index (κ2) is 10.5. The highest BCUT2D eigenvalue weighted by Gasteiger charge is 2.51. The van der Waals surface area contributed by atoms with Gasteiger partial charge in [0.2, 0.25) is 0 Å². The normalized spacial score (nSPS) is 16.6. The number of nitrogens with zero attached hydrogens (tertiary/aromatic N) is 2. The van der Waals surface area contributed by atoms with Crippen LogP contribution in [-0.4, -0.2) is 28.3 Å². The zero-order valence-corrected chi connectivity index (χ0v) is 25.9. The number of fused-ring (bicyclic) bond motifs is 6. The molecule has 0 saturated carbocycles. The third kappa shape index (κ3) is 4.73. The van der Waals surface area contributed by atoms with Gasteiger partial charge in [-0.05, 0) is 80.0 Å². The van der Waals surface area contributed by atoms with Crippen molar-refractivity contribution < 1.29 is 9.31 Å². The summed E-state index contributed by atoms with van der Waals surface area (Å²) in [5.41, 5.74) is 5.93. The largest absolute Gasteiger partial charge is 0.494 e. The Morgan fingerprint density at radius 3 is 2.23 bits per heavy atom. The molecule has 3 heterocycles. The van der Waals surface area contributed by atoms with Gasteiger partial charge in [0, 0.05) is 21.7 Å². The number of allylic oxidation sites excluding steroid dienone is 5. The van der Waals surface area contributed by atoms with E-state index in [-0.39, 0.29) is 0 Å². The maximum Gasteiger partial charge on any atom is 0.494 e. The minimum absolute atomic E-state index is 0.418. The van der Waals surface area contributed by atoms with Crippen LogP contribution >= 0.6 is 0 Å². The molecule has 0 bridgehead atoms. The lowest BCUT2D eigenvalue weighted by Gasteiger charge is -2.32. The minimum Gasteiger partial charge on any atom is -0.399 e. The molecule has 4 aromatic carbocycles. The molecule has 0 atom stereocenters. The summed E-state index contributed by atoms with van der Waals surface area (Å²) >= 11 is 0. The van der Waals surface area contributed by atoms with Crippen molar-refractivity contribution in [2.75, 3.05) is 0 Å². The number of pyridine rings is 2. The van der Waals surface area contributed by atoms with Crippen molar-refractivity contribution in [3.63, 3.8) is 0 Å². The summed E-state index contributed by atoms with van der Waals surface area (Å²) < 4.78 is 12.8. The molecule has 1 fully saturated rings. The summed E-state index contributed by atoms with van der Waals surface area (Å²) in [5, 5.41) is 6.71. The number of rotatable bonds is 5. The molecular weight excluding hydrogens is 539 g/mol. The first-order chi connectivity index (χ1) is 21.1. The van der Waals surface area contributed by atoms with Crippen molar-refractivity contribution in [1.82, 2.24) is 9.97 Å². The Hall–Kier alpha value is -4.58. The molecule has 0 radical (unpaired) electrons. The van der Waals surface area contributed by atoms with Crippen molar-refractivity contribution >= 4 is 61.5 Å². The fraction of sp³-hybridized carbons (Fsp3) is 0.179. The molecule has 2 aromatic heterocycles. The zero-order chi connectivity index (χ0) is 30.6. The van der Waals surface area contributed by atoms with Gasteiger partial charge in [-0.3, -0.25) is 0 Å². The van der Waals surface area contributed by atoms with Gasteiger partial charge in [0.1, 0.15) is 0 Å². The van der Waals surface area contributed by atoms with E-state index in [1.54, 1.807) is 6.08 Å². The lowest BCUT2D eigenvalue weighted by molar-refractivity contribution is 0.00578. The highest BCUT2D eigenvalue weighted by atomic mass is 16.7. The SMILES string of the molecule is C=C/C=C\C=C(/C)c1nc2cc(B3OC(C)(C)C(C)(C)O3)ccc2c2ccc3ccc(-c4ccc5ccccc5c4)nc3c12. The van der Waals surface area contributed by atoms with Crippen LogP contribution in [-0.2, 0) is 9.31 Å². The molecule has 0 amide bonds. The average molecular weight is 575 g/mol. The molecule has 0 spiro atoms. The quantitative estimate of drug-likeness (QED) is 0.117. The van der Waals surface area contributed by atoms with Crippen LogP contribution in [0.3, 0.4) is 0 Å². The minimum atomic E-state index is -0.458. The van der Waals surface area contributed by atoms with Crippen LogP contribution in [0.1, 0.15) is 40.3 Å². The highest BCUT2D eigenvalue weighted by Crippen LogP contribution is 2.38. The van der Waals surface area contributed by atoms with Gasteiger partial charge in [-0.25, -0.2) is 9.97 Å². The first-order valence-electron chi connectivity index (χ1n) is 15.1. The molecule has 0 aliphatic carbocycles. The van der Waals surface area contributed by atoms with Crippen LogP contribution in [0.25, 0.3) is 60.2 Å². The summed E-state index contributed by atoms with van der Waals surface area (Å²) in [4.78, 5) is 10.6. The lowest BCUT2D eigenvalue weighted by Crippen LogP contribution is -2.41. The van der Waals surface area contributed by atoms with E-state index in [2.05, 4.69) is 132 Å². The Morgan fingerprint density at radius 2 is 1.45 bits per heavy atom. The summed E-state index contributed by atoms with van der Waals surface area (Å²) in [6.45, 7) is 14.2. The van der Waals surface area contributed by atoms with E-state index < -0.39 is 18.3 Å². The van der Waals surface area contributed by atoms with E-state index >= 15 is 0 Å². The molecule has 0 unspecified atom stereocenters. The monoisotopic (exact) mass is 574 g/mol. The summed E-state index contributed by atoms with van der Waals surface area (Å²) in [6, 6.07) is 29.9. The first kappa shape index (κ1) is 28.2. The second-order valence-corrected chi connectivity index (χ2v) is 12.6. The smallest absolute Gasteiger partial charge is 0.399 e. The fourth-order valence-corrected chi connectivity index (χ4v) is 5.98. The molecular formula is C39H35BN2O2. The van der Waals surface area contributed by atoms with Crippen LogP contribution in [0.15, 0.2) is 116 Å².